The molecule has 2 heterocycles. The van der Waals surface area contributed by atoms with Crippen molar-refractivity contribution < 1.29 is 32.7 Å². The lowest BCUT2D eigenvalue weighted by Gasteiger charge is -2.08. The molecule has 0 spiro atoms. The quantitative estimate of drug-likeness (QED) is 0.437. The number of aromatic nitrogens is 1. The van der Waals surface area contributed by atoms with Gasteiger partial charge in [-0.15, -0.1) is 0 Å². The maximum Gasteiger partial charge on any atom is 0.490 e. The number of carboxylic acid groups (broad SMARTS) is 1. The van der Waals surface area contributed by atoms with Gasteiger partial charge >= 0.3 is 12.1 Å². The van der Waals surface area contributed by atoms with E-state index in [4.69, 9.17) is 9.90 Å². The molecule has 0 unspecified atom stereocenters. The van der Waals surface area contributed by atoms with E-state index in [1.807, 2.05) is 6.07 Å². The lowest BCUT2D eigenvalue weighted by molar-refractivity contribution is -0.192. The standard InChI is InChI=1S/C21H19N3O2.C2HF3O2/c25-20(18-7-8-22-12-18)15-3-5-16(6-4-15)21(26)24-10-14-1-2-17-11-23-13-19(17)9-14;3-2(4,5)1(6)7/h1-9,12,22-23H,10-11,13H2,(H,24,26);(H,6,7). The van der Waals surface area contributed by atoms with Gasteiger partial charge in [-0.05, 0) is 34.9 Å². The van der Waals surface area contributed by atoms with Crippen LogP contribution in [0.25, 0.3) is 0 Å². The number of nitrogens with one attached hydrogen (secondary N) is 3. The fraction of sp³-hybridized carbons (Fsp3) is 0.174. The van der Waals surface area contributed by atoms with Gasteiger partial charge in [-0.1, -0.05) is 30.3 Å². The fourth-order valence-electron chi connectivity index (χ4n) is 3.15. The van der Waals surface area contributed by atoms with Crippen molar-refractivity contribution in [1.82, 2.24) is 15.6 Å². The van der Waals surface area contributed by atoms with Gasteiger partial charge in [0.25, 0.3) is 5.91 Å². The Kier molecular flexibility index (Phi) is 7.29. The zero-order valence-corrected chi connectivity index (χ0v) is 17.2. The Morgan fingerprint density at radius 1 is 0.909 bits per heavy atom. The van der Waals surface area contributed by atoms with Gasteiger partial charge in [0.05, 0.1) is 0 Å². The number of hydrogen-bond donors (Lipinski definition) is 4. The van der Waals surface area contributed by atoms with Crippen LogP contribution in [0.3, 0.4) is 0 Å². The predicted molar refractivity (Wildman–Crippen MR) is 113 cm³/mol. The first kappa shape index (κ1) is 23.7. The molecular formula is C23H20F3N3O4. The Morgan fingerprint density at radius 3 is 2.15 bits per heavy atom. The number of benzene rings is 2. The van der Waals surface area contributed by atoms with E-state index in [0.29, 0.717) is 23.2 Å². The highest BCUT2D eigenvalue weighted by Gasteiger charge is 2.38. The van der Waals surface area contributed by atoms with Crippen molar-refractivity contribution in [2.75, 3.05) is 0 Å². The van der Waals surface area contributed by atoms with Crippen LogP contribution in [-0.4, -0.2) is 33.9 Å². The van der Waals surface area contributed by atoms with Gasteiger partial charge in [0.2, 0.25) is 0 Å². The number of carbonyl (C=O) groups excluding carboxylic acids is 2. The smallest absolute Gasteiger partial charge is 0.475 e. The summed E-state index contributed by atoms with van der Waals surface area (Å²) in [5.41, 5.74) is 5.41. The highest BCUT2D eigenvalue weighted by atomic mass is 19.4. The molecule has 7 nitrogen and oxygen atoms in total. The fourth-order valence-corrected chi connectivity index (χ4v) is 3.15. The average molecular weight is 459 g/mol. The summed E-state index contributed by atoms with van der Waals surface area (Å²) in [6.45, 7) is 2.28. The number of halogens is 3. The topological polar surface area (TPSA) is 111 Å². The number of H-pyrrole nitrogens is 1. The Hall–Kier alpha value is -3.92. The normalized spacial score (nSPS) is 12.3. The third-order valence-corrected chi connectivity index (χ3v) is 4.87. The lowest BCUT2D eigenvalue weighted by atomic mass is 10.0. The van der Waals surface area contributed by atoms with E-state index < -0.39 is 12.1 Å². The summed E-state index contributed by atoms with van der Waals surface area (Å²) in [5.74, 6) is -2.97. The first-order valence-corrected chi connectivity index (χ1v) is 9.82. The Balaban J connectivity index is 0.000000383. The molecule has 172 valence electrons. The van der Waals surface area contributed by atoms with Crippen molar-refractivity contribution in [3.05, 3.63) is 94.3 Å². The molecule has 1 aromatic heterocycles. The van der Waals surface area contributed by atoms with Crippen LogP contribution in [-0.2, 0) is 24.4 Å². The molecule has 10 heteroatoms. The molecule has 0 atom stereocenters. The van der Waals surface area contributed by atoms with Crippen LogP contribution in [0.5, 0.6) is 0 Å². The van der Waals surface area contributed by atoms with Gasteiger partial charge in [-0.2, -0.15) is 13.2 Å². The first-order valence-electron chi connectivity index (χ1n) is 9.82. The summed E-state index contributed by atoms with van der Waals surface area (Å²) in [6, 6.07) is 14.8. The van der Waals surface area contributed by atoms with Gasteiger partial charge < -0.3 is 20.7 Å². The van der Waals surface area contributed by atoms with Crippen LogP contribution < -0.4 is 10.6 Å². The van der Waals surface area contributed by atoms with E-state index in [1.165, 1.54) is 11.1 Å². The van der Waals surface area contributed by atoms with Gasteiger partial charge in [-0.3, -0.25) is 9.59 Å². The van der Waals surface area contributed by atoms with Crippen molar-refractivity contribution in [2.24, 2.45) is 0 Å². The van der Waals surface area contributed by atoms with E-state index in [2.05, 4.69) is 27.8 Å². The monoisotopic (exact) mass is 459 g/mol. The lowest BCUT2D eigenvalue weighted by Crippen LogP contribution is -2.22. The first-order chi connectivity index (χ1) is 15.6. The summed E-state index contributed by atoms with van der Waals surface area (Å²) in [7, 11) is 0. The molecule has 0 bridgehead atoms. The second-order valence-electron chi connectivity index (χ2n) is 7.20. The average Bonchev–Trinajstić information content (AvgIpc) is 3.48. The molecule has 1 aliphatic rings. The second kappa shape index (κ2) is 10.1. The molecular weight excluding hydrogens is 439 g/mol. The molecule has 4 rings (SSSR count). The summed E-state index contributed by atoms with van der Waals surface area (Å²) >= 11 is 0. The molecule has 2 aromatic carbocycles. The number of aromatic amines is 1. The predicted octanol–water partition coefficient (Wildman–Crippen LogP) is 3.41. The van der Waals surface area contributed by atoms with Crippen molar-refractivity contribution in [3.63, 3.8) is 0 Å². The molecule has 0 saturated carbocycles. The van der Waals surface area contributed by atoms with Crippen LogP contribution in [0, 0.1) is 0 Å². The van der Waals surface area contributed by atoms with E-state index in [-0.39, 0.29) is 11.7 Å². The van der Waals surface area contributed by atoms with E-state index >= 15 is 0 Å². The van der Waals surface area contributed by atoms with Gasteiger partial charge in [0.1, 0.15) is 0 Å². The van der Waals surface area contributed by atoms with Crippen LogP contribution in [0.1, 0.15) is 43.0 Å². The number of aliphatic carboxylic acids is 1. The minimum atomic E-state index is -5.08. The number of carboxylic acids is 1. The minimum Gasteiger partial charge on any atom is -0.475 e. The van der Waals surface area contributed by atoms with Crippen molar-refractivity contribution in [3.8, 4) is 0 Å². The highest BCUT2D eigenvalue weighted by molar-refractivity contribution is 6.09. The van der Waals surface area contributed by atoms with Crippen LogP contribution in [0.4, 0.5) is 13.2 Å². The van der Waals surface area contributed by atoms with Gasteiger partial charge in [0.15, 0.2) is 5.78 Å². The van der Waals surface area contributed by atoms with Crippen LogP contribution >= 0.6 is 0 Å². The molecule has 0 fully saturated rings. The van der Waals surface area contributed by atoms with Crippen molar-refractivity contribution in [2.45, 2.75) is 25.8 Å². The molecule has 33 heavy (non-hydrogen) atoms. The minimum absolute atomic E-state index is 0.0649. The number of ketones is 1. The largest absolute Gasteiger partial charge is 0.490 e. The number of amides is 1. The summed E-state index contributed by atoms with van der Waals surface area (Å²) in [6.07, 6.45) is -1.71. The Morgan fingerprint density at radius 2 is 1.55 bits per heavy atom. The summed E-state index contributed by atoms with van der Waals surface area (Å²) < 4.78 is 31.7. The van der Waals surface area contributed by atoms with Crippen molar-refractivity contribution in [1.29, 1.82) is 0 Å². The molecule has 0 radical (unpaired) electrons. The number of rotatable bonds is 5. The Bertz CT molecular complexity index is 1140. The highest BCUT2D eigenvalue weighted by Crippen LogP contribution is 2.17. The molecule has 1 amide bonds. The maximum atomic E-state index is 12.3. The SMILES string of the molecule is O=C(NCc1ccc2c(c1)CNC2)c1ccc(C(=O)c2cc[nH]c2)cc1.O=C(O)C(F)(F)F. The second-order valence-corrected chi connectivity index (χ2v) is 7.20. The zero-order chi connectivity index (χ0) is 24.0. The Labute approximate surface area is 186 Å². The molecule has 0 aliphatic carbocycles. The van der Waals surface area contributed by atoms with Crippen molar-refractivity contribution >= 4 is 17.7 Å². The van der Waals surface area contributed by atoms with E-state index in [1.54, 1.807) is 42.7 Å². The summed E-state index contributed by atoms with van der Waals surface area (Å²) in [5, 5.41) is 13.4. The third-order valence-electron chi connectivity index (χ3n) is 4.87. The number of carbonyl (C=O) groups is 3. The van der Waals surface area contributed by atoms with Crippen LogP contribution in [0.15, 0.2) is 60.9 Å². The molecule has 4 N–H and O–H groups in total. The van der Waals surface area contributed by atoms with Gasteiger partial charge in [0, 0.05) is 48.7 Å². The number of fused-ring (bicyclic) bond motifs is 1. The maximum absolute atomic E-state index is 12.3. The molecule has 0 saturated heterocycles. The number of hydrogen-bond acceptors (Lipinski definition) is 4. The third kappa shape index (κ3) is 6.30. The van der Waals surface area contributed by atoms with E-state index in [9.17, 15) is 22.8 Å². The molecule has 1 aliphatic heterocycles. The van der Waals surface area contributed by atoms with Gasteiger partial charge in [-0.25, -0.2) is 4.79 Å². The zero-order valence-electron chi connectivity index (χ0n) is 17.2. The summed E-state index contributed by atoms with van der Waals surface area (Å²) in [4.78, 5) is 36.4. The van der Waals surface area contributed by atoms with Crippen LogP contribution in [0.2, 0.25) is 0 Å². The number of alkyl halides is 3. The molecule has 3 aromatic rings. The van der Waals surface area contributed by atoms with E-state index in [0.717, 1.165) is 18.7 Å².